The van der Waals surface area contributed by atoms with E-state index >= 15 is 0 Å². The van der Waals surface area contributed by atoms with Gasteiger partial charge in [-0.05, 0) is 48.7 Å². The molecule has 100 valence electrons. The summed E-state index contributed by atoms with van der Waals surface area (Å²) in [5.74, 6) is 1.97. The highest BCUT2D eigenvalue weighted by atomic mass is 16.3. The van der Waals surface area contributed by atoms with Crippen molar-refractivity contribution in [3.63, 3.8) is 0 Å². The summed E-state index contributed by atoms with van der Waals surface area (Å²) < 4.78 is 5.54. The van der Waals surface area contributed by atoms with E-state index < -0.39 is 0 Å². The summed E-state index contributed by atoms with van der Waals surface area (Å²) >= 11 is 0. The SMILES string of the molecule is Cc1ccc(CNCc2ccc3c(c2)CNCC3)o1. The molecule has 0 saturated carbocycles. The molecule has 2 heterocycles. The van der Waals surface area contributed by atoms with Gasteiger partial charge in [-0.15, -0.1) is 0 Å². The molecule has 0 saturated heterocycles. The highest BCUT2D eigenvalue weighted by molar-refractivity contribution is 5.33. The smallest absolute Gasteiger partial charge is 0.117 e. The fraction of sp³-hybridized carbons (Fsp3) is 0.375. The van der Waals surface area contributed by atoms with Crippen molar-refractivity contribution in [2.45, 2.75) is 33.0 Å². The molecule has 0 amide bonds. The van der Waals surface area contributed by atoms with E-state index in [1.165, 1.54) is 16.7 Å². The van der Waals surface area contributed by atoms with Crippen LogP contribution in [0.1, 0.15) is 28.2 Å². The summed E-state index contributed by atoms with van der Waals surface area (Å²) in [4.78, 5) is 0. The van der Waals surface area contributed by atoms with Crippen molar-refractivity contribution >= 4 is 0 Å². The minimum Gasteiger partial charge on any atom is -0.465 e. The van der Waals surface area contributed by atoms with Gasteiger partial charge >= 0.3 is 0 Å². The highest BCUT2D eigenvalue weighted by Gasteiger charge is 2.08. The molecule has 0 fully saturated rings. The number of hydrogen-bond acceptors (Lipinski definition) is 3. The Balaban J connectivity index is 1.58. The van der Waals surface area contributed by atoms with Crippen LogP contribution in [0, 0.1) is 6.92 Å². The molecule has 1 aliphatic heterocycles. The van der Waals surface area contributed by atoms with Gasteiger partial charge in [-0.2, -0.15) is 0 Å². The molecule has 2 N–H and O–H groups in total. The standard InChI is InChI=1S/C16H20N2O/c1-12-2-5-16(19-12)11-18-9-13-3-4-14-6-7-17-10-15(14)8-13/h2-5,8,17-18H,6-7,9-11H2,1H3. The van der Waals surface area contributed by atoms with Crippen LogP contribution in [0.2, 0.25) is 0 Å². The Hall–Kier alpha value is -1.58. The van der Waals surface area contributed by atoms with E-state index in [9.17, 15) is 0 Å². The maximum absolute atomic E-state index is 5.54. The maximum atomic E-state index is 5.54. The van der Waals surface area contributed by atoms with E-state index in [0.717, 1.165) is 44.1 Å². The van der Waals surface area contributed by atoms with Gasteiger partial charge in [-0.1, -0.05) is 18.2 Å². The Morgan fingerprint density at radius 3 is 2.95 bits per heavy atom. The average molecular weight is 256 g/mol. The van der Waals surface area contributed by atoms with Crippen molar-refractivity contribution in [3.05, 3.63) is 58.5 Å². The van der Waals surface area contributed by atoms with Gasteiger partial charge in [-0.3, -0.25) is 0 Å². The molecule has 1 aromatic carbocycles. The molecule has 3 heteroatoms. The third-order valence-electron chi connectivity index (χ3n) is 3.58. The van der Waals surface area contributed by atoms with E-state index in [1.54, 1.807) is 0 Å². The molecule has 0 unspecified atom stereocenters. The lowest BCUT2D eigenvalue weighted by Crippen LogP contribution is -2.24. The summed E-state index contributed by atoms with van der Waals surface area (Å²) in [7, 11) is 0. The highest BCUT2D eigenvalue weighted by Crippen LogP contribution is 2.16. The maximum Gasteiger partial charge on any atom is 0.117 e. The Morgan fingerprint density at radius 1 is 1.16 bits per heavy atom. The number of furan rings is 1. The van der Waals surface area contributed by atoms with Crippen LogP contribution in [-0.4, -0.2) is 6.54 Å². The van der Waals surface area contributed by atoms with Crippen LogP contribution in [0.5, 0.6) is 0 Å². The Labute approximate surface area is 114 Å². The van der Waals surface area contributed by atoms with Gasteiger partial charge in [0, 0.05) is 13.1 Å². The van der Waals surface area contributed by atoms with Crippen molar-refractivity contribution < 1.29 is 4.42 Å². The predicted octanol–water partition coefficient (Wildman–Crippen LogP) is 2.52. The molecule has 0 spiro atoms. The Morgan fingerprint density at radius 2 is 2.11 bits per heavy atom. The predicted molar refractivity (Wildman–Crippen MR) is 75.8 cm³/mol. The van der Waals surface area contributed by atoms with Crippen LogP contribution < -0.4 is 10.6 Å². The number of benzene rings is 1. The lowest BCUT2D eigenvalue weighted by atomic mass is 9.98. The molecular formula is C16H20N2O. The topological polar surface area (TPSA) is 37.2 Å². The molecule has 19 heavy (non-hydrogen) atoms. The molecule has 3 nitrogen and oxygen atoms in total. The fourth-order valence-electron chi connectivity index (χ4n) is 2.55. The minimum atomic E-state index is 0.781. The van der Waals surface area contributed by atoms with Crippen molar-refractivity contribution in [1.82, 2.24) is 10.6 Å². The van der Waals surface area contributed by atoms with E-state index in [-0.39, 0.29) is 0 Å². The van der Waals surface area contributed by atoms with Crippen LogP contribution in [0.25, 0.3) is 0 Å². The molecule has 2 aromatic rings. The van der Waals surface area contributed by atoms with E-state index in [2.05, 4.69) is 28.8 Å². The van der Waals surface area contributed by atoms with E-state index in [0.29, 0.717) is 0 Å². The molecule has 0 bridgehead atoms. The van der Waals surface area contributed by atoms with Crippen LogP contribution in [0.3, 0.4) is 0 Å². The number of nitrogens with one attached hydrogen (secondary N) is 2. The first-order chi connectivity index (χ1) is 9.31. The molecule has 1 aromatic heterocycles. The quantitative estimate of drug-likeness (QED) is 0.882. The summed E-state index contributed by atoms with van der Waals surface area (Å²) in [5, 5.41) is 6.84. The second-order valence-electron chi connectivity index (χ2n) is 5.15. The van der Waals surface area contributed by atoms with Crippen LogP contribution in [0.15, 0.2) is 34.7 Å². The van der Waals surface area contributed by atoms with Gasteiger partial charge < -0.3 is 15.1 Å². The number of aryl methyl sites for hydroxylation is 1. The summed E-state index contributed by atoms with van der Waals surface area (Å²) in [5.41, 5.74) is 4.27. The molecular weight excluding hydrogens is 236 g/mol. The van der Waals surface area contributed by atoms with Crippen molar-refractivity contribution in [2.24, 2.45) is 0 Å². The number of fused-ring (bicyclic) bond motifs is 1. The Bertz CT molecular complexity index is 560. The first kappa shape index (κ1) is 12.5. The first-order valence-corrected chi connectivity index (χ1v) is 6.89. The van der Waals surface area contributed by atoms with E-state index in [1.807, 2.05) is 19.1 Å². The van der Waals surface area contributed by atoms with Gasteiger partial charge in [0.25, 0.3) is 0 Å². The molecule has 0 radical (unpaired) electrons. The van der Waals surface area contributed by atoms with Gasteiger partial charge in [0.1, 0.15) is 11.5 Å². The first-order valence-electron chi connectivity index (χ1n) is 6.89. The minimum absolute atomic E-state index is 0.781. The van der Waals surface area contributed by atoms with Crippen LogP contribution in [-0.2, 0) is 26.1 Å². The van der Waals surface area contributed by atoms with Crippen LogP contribution >= 0.6 is 0 Å². The lowest BCUT2D eigenvalue weighted by molar-refractivity contribution is 0.461. The second kappa shape index (κ2) is 5.59. The molecule has 0 atom stereocenters. The molecule has 3 rings (SSSR count). The molecule has 1 aliphatic rings. The fourth-order valence-corrected chi connectivity index (χ4v) is 2.55. The van der Waals surface area contributed by atoms with Gasteiger partial charge in [0.15, 0.2) is 0 Å². The third kappa shape index (κ3) is 3.06. The summed E-state index contributed by atoms with van der Waals surface area (Å²) in [6.45, 7) is 5.74. The largest absolute Gasteiger partial charge is 0.465 e. The van der Waals surface area contributed by atoms with Crippen molar-refractivity contribution in [2.75, 3.05) is 6.54 Å². The normalized spacial score (nSPS) is 14.4. The zero-order chi connectivity index (χ0) is 13.1. The number of rotatable bonds is 4. The van der Waals surface area contributed by atoms with Gasteiger partial charge in [0.05, 0.1) is 6.54 Å². The third-order valence-corrected chi connectivity index (χ3v) is 3.58. The number of hydrogen-bond donors (Lipinski definition) is 2. The van der Waals surface area contributed by atoms with Crippen LogP contribution in [0.4, 0.5) is 0 Å². The lowest BCUT2D eigenvalue weighted by Gasteiger charge is -2.18. The molecule has 0 aliphatic carbocycles. The summed E-state index contributed by atoms with van der Waals surface area (Å²) in [6, 6.07) is 10.8. The monoisotopic (exact) mass is 256 g/mol. The Kier molecular flexibility index (Phi) is 3.67. The van der Waals surface area contributed by atoms with Crippen molar-refractivity contribution in [1.29, 1.82) is 0 Å². The van der Waals surface area contributed by atoms with Gasteiger partial charge in [-0.25, -0.2) is 0 Å². The van der Waals surface area contributed by atoms with Gasteiger partial charge in [0.2, 0.25) is 0 Å². The second-order valence-corrected chi connectivity index (χ2v) is 5.15. The zero-order valence-corrected chi connectivity index (χ0v) is 11.3. The summed E-state index contributed by atoms with van der Waals surface area (Å²) in [6.07, 6.45) is 1.15. The average Bonchev–Trinajstić information content (AvgIpc) is 2.84. The van der Waals surface area contributed by atoms with E-state index in [4.69, 9.17) is 4.42 Å². The van der Waals surface area contributed by atoms with Crippen molar-refractivity contribution in [3.8, 4) is 0 Å². The zero-order valence-electron chi connectivity index (χ0n) is 11.3.